The van der Waals surface area contributed by atoms with E-state index in [1.54, 1.807) is 6.20 Å². The van der Waals surface area contributed by atoms with Gasteiger partial charge < -0.3 is 5.32 Å². The molecule has 37 heavy (non-hydrogen) atoms. The van der Waals surface area contributed by atoms with Crippen molar-refractivity contribution in [2.75, 3.05) is 25.9 Å². The zero-order valence-electron chi connectivity index (χ0n) is 21.3. The maximum absolute atomic E-state index is 12.9. The highest BCUT2D eigenvalue weighted by atomic mass is 32.2. The van der Waals surface area contributed by atoms with Crippen molar-refractivity contribution in [2.24, 2.45) is 11.8 Å². The molecule has 2 aliphatic rings. The number of pyridine rings is 1. The summed E-state index contributed by atoms with van der Waals surface area (Å²) in [4.78, 5) is 19.7. The molecule has 2 aliphatic heterocycles. The lowest BCUT2D eigenvalue weighted by atomic mass is 9.98. The molecule has 2 aromatic rings. The van der Waals surface area contributed by atoms with Gasteiger partial charge in [0.05, 0.1) is 29.1 Å². The highest BCUT2D eigenvalue weighted by Crippen LogP contribution is 2.39. The van der Waals surface area contributed by atoms with E-state index in [2.05, 4.69) is 29.0 Å². The van der Waals surface area contributed by atoms with Crippen LogP contribution in [0.15, 0.2) is 36.5 Å². The molecule has 0 spiro atoms. The SMILES string of the molecule is CC(C)C1c2ncc(C(=O)NCC3CCN(S(C)(=O)=O)CC3)cc2CN1Cc1ccc(C(F)(F)F)cc1. The first-order valence-corrected chi connectivity index (χ1v) is 14.3. The van der Waals surface area contributed by atoms with E-state index in [0.717, 1.165) is 29.0 Å². The van der Waals surface area contributed by atoms with Gasteiger partial charge in [-0.15, -0.1) is 0 Å². The van der Waals surface area contributed by atoms with Crippen LogP contribution in [0.25, 0.3) is 0 Å². The van der Waals surface area contributed by atoms with Crippen molar-refractivity contribution < 1.29 is 26.4 Å². The van der Waals surface area contributed by atoms with Gasteiger partial charge in [0.25, 0.3) is 5.91 Å². The van der Waals surface area contributed by atoms with Crippen LogP contribution in [0.3, 0.4) is 0 Å². The largest absolute Gasteiger partial charge is 0.416 e. The fraction of sp³-hybridized carbons (Fsp3) is 0.538. The van der Waals surface area contributed by atoms with Gasteiger partial charge >= 0.3 is 6.18 Å². The molecule has 0 radical (unpaired) electrons. The molecule has 1 fully saturated rings. The van der Waals surface area contributed by atoms with E-state index >= 15 is 0 Å². The lowest BCUT2D eigenvalue weighted by molar-refractivity contribution is -0.137. The Morgan fingerprint density at radius 3 is 2.38 bits per heavy atom. The molecule has 1 aromatic carbocycles. The van der Waals surface area contributed by atoms with E-state index < -0.39 is 21.8 Å². The van der Waals surface area contributed by atoms with Gasteiger partial charge in [-0.25, -0.2) is 12.7 Å². The van der Waals surface area contributed by atoms with Crippen LogP contribution in [0.5, 0.6) is 0 Å². The molecule has 1 saturated heterocycles. The van der Waals surface area contributed by atoms with Crippen molar-refractivity contribution in [3.05, 3.63) is 64.5 Å². The number of hydrogen-bond acceptors (Lipinski definition) is 5. The van der Waals surface area contributed by atoms with Gasteiger partial charge in [-0.2, -0.15) is 13.2 Å². The number of fused-ring (bicyclic) bond motifs is 1. The molecule has 4 rings (SSSR count). The highest BCUT2D eigenvalue weighted by Gasteiger charge is 2.35. The number of sulfonamides is 1. The Bertz CT molecular complexity index is 1220. The Morgan fingerprint density at radius 1 is 1.16 bits per heavy atom. The summed E-state index contributed by atoms with van der Waals surface area (Å²) < 4.78 is 63.6. The molecular weight excluding hydrogens is 505 g/mol. The zero-order chi connectivity index (χ0) is 27.0. The predicted octanol–water partition coefficient (Wildman–Crippen LogP) is 4.21. The van der Waals surface area contributed by atoms with Crippen molar-refractivity contribution in [3.8, 4) is 0 Å². The first kappa shape index (κ1) is 27.5. The van der Waals surface area contributed by atoms with E-state index in [4.69, 9.17) is 0 Å². The van der Waals surface area contributed by atoms with Gasteiger partial charge in [0.15, 0.2) is 0 Å². The third-order valence-electron chi connectivity index (χ3n) is 7.20. The van der Waals surface area contributed by atoms with Crippen LogP contribution in [0.2, 0.25) is 0 Å². The molecule has 1 amide bonds. The van der Waals surface area contributed by atoms with Crippen LogP contribution in [0.1, 0.15) is 65.5 Å². The summed E-state index contributed by atoms with van der Waals surface area (Å²) in [5.74, 6) is 0.220. The second-order valence-corrected chi connectivity index (χ2v) is 12.4. The lowest BCUT2D eigenvalue weighted by Gasteiger charge is -2.30. The minimum atomic E-state index is -4.36. The van der Waals surface area contributed by atoms with Crippen molar-refractivity contribution in [1.82, 2.24) is 19.5 Å². The van der Waals surface area contributed by atoms with Crippen LogP contribution in [0, 0.1) is 11.8 Å². The third-order valence-corrected chi connectivity index (χ3v) is 8.51. The Labute approximate surface area is 216 Å². The van der Waals surface area contributed by atoms with Crippen molar-refractivity contribution in [1.29, 1.82) is 0 Å². The predicted molar refractivity (Wildman–Crippen MR) is 134 cm³/mol. The van der Waals surface area contributed by atoms with Crippen LogP contribution < -0.4 is 5.32 Å². The lowest BCUT2D eigenvalue weighted by Crippen LogP contribution is -2.41. The summed E-state index contributed by atoms with van der Waals surface area (Å²) in [5, 5.41) is 2.96. The molecule has 0 saturated carbocycles. The van der Waals surface area contributed by atoms with Gasteiger partial charge in [-0.1, -0.05) is 26.0 Å². The number of carbonyl (C=O) groups is 1. The summed E-state index contributed by atoms with van der Waals surface area (Å²) in [7, 11) is -3.18. The van der Waals surface area contributed by atoms with Gasteiger partial charge in [0.1, 0.15) is 0 Å². The number of nitrogens with one attached hydrogen (secondary N) is 1. The molecule has 7 nitrogen and oxygen atoms in total. The molecule has 11 heteroatoms. The molecular formula is C26H33F3N4O3S. The standard InChI is InChI=1S/C26H33F3N4O3S/c1-17(2)24-23-21(16-32(24)15-19-4-6-22(7-5-19)26(27,28)29)12-20(14-30-23)25(34)31-13-18-8-10-33(11-9-18)37(3,35)36/h4-7,12,14,17-18,24H,8-11,13,15-16H2,1-3H3,(H,31,34). The number of carbonyl (C=O) groups excluding carboxylic acids is 1. The number of amides is 1. The van der Waals surface area contributed by atoms with Crippen LogP contribution in [-0.2, 0) is 29.3 Å². The zero-order valence-corrected chi connectivity index (χ0v) is 22.1. The van der Waals surface area contributed by atoms with Crippen LogP contribution >= 0.6 is 0 Å². The number of aromatic nitrogens is 1. The maximum atomic E-state index is 12.9. The van der Waals surface area contributed by atoms with Gasteiger partial charge in [-0.3, -0.25) is 14.7 Å². The molecule has 3 heterocycles. The fourth-order valence-corrected chi connectivity index (χ4v) is 6.11. The monoisotopic (exact) mass is 538 g/mol. The summed E-state index contributed by atoms with van der Waals surface area (Å²) in [6, 6.07) is 7.08. The number of benzene rings is 1. The smallest absolute Gasteiger partial charge is 0.352 e. The second-order valence-electron chi connectivity index (χ2n) is 10.4. The second kappa shape index (κ2) is 10.7. The summed E-state index contributed by atoms with van der Waals surface area (Å²) >= 11 is 0. The van der Waals surface area contributed by atoms with Gasteiger partial charge in [0.2, 0.25) is 10.0 Å². The molecule has 0 aliphatic carbocycles. The first-order valence-electron chi connectivity index (χ1n) is 12.4. The quantitative estimate of drug-likeness (QED) is 0.571. The first-order chi connectivity index (χ1) is 17.3. The Hall–Kier alpha value is -2.50. The van der Waals surface area contributed by atoms with Crippen molar-refractivity contribution in [3.63, 3.8) is 0 Å². The number of rotatable bonds is 7. The van der Waals surface area contributed by atoms with E-state index in [-0.39, 0.29) is 23.8 Å². The maximum Gasteiger partial charge on any atom is 0.416 e. The topological polar surface area (TPSA) is 82.6 Å². The minimum absolute atomic E-state index is 0.00515. The highest BCUT2D eigenvalue weighted by molar-refractivity contribution is 7.88. The van der Waals surface area contributed by atoms with E-state index in [1.165, 1.54) is 22.7 Å². The summed E-state index contributed by atoms with van der Waals surface area (Å²) in [6.45, 7) is 6.59. The number of alkyl halides is 3. The molecule has 1 atom stereocenters. The average molecular weight is 539 g/mol. The normalized spacial score (nSPS) is 19.8. The van der Waals surface area contributed by atoms with Gasteiger partial charge in [-0.05, 0) is 54.0 Å². The van der Waals surface area contributed by atoms with Crippen molar-refractivity contribution >= 4 is 15.9 Å². The molecule has 1 aromatic heterocycles. The minimum Gasteiger partial charge on any atom is -0.352 e. The molecule has 202 valence electrons. The van der Waals surface area contributed by atoms with Crippen LogP contribution in [-0.4, -0.2) is 54.4 Å². The van der Waals surface area contributed by atoms with Crippen molar-refractivity contribution in [2.45, 2.75) is 52.0 Å². The number of hydrogen-bond donors (Lipinski definition) is 1. The van der Waals surface area contributed by atoms with Gasteiger partial charge in [0, 0.05) is 38.9 Å². The number of piperidine rings is 1. The fourth-order valence-electron chi connectivity index (χ4n) is 5.24. The number of nitrogens with zero attached hydrogens (tertiary/aromatic N) is 3. The molecule has 0 bridgehead atoms. The van der Waals surface area contributed by atoms with E-state index in [9.17, 15) is 26.4 Å². The van der Waals surface area contributed by atoms with E-state index in [1.807, 2.05) is 6.07 Å². The van der Waals surface area contributed by atoms with Crippen LogP contribution in [0.4, 0.5) is 13.2 Å². The average Bonchev–Trinajstić information content (AvgIpc) is 3.19. The van der Waals surface area contributed by atoms with E-state index in [0.29, 0.717) is 51.1 Å². The Morgan fingerprint density at radius 2 is 1.81 bits per heavy atom. The Balaban J connectivity index is 1.39. The molecule has 1 N–H and O–H groups in total. The number of halogens is 3. The summed E-state index contributed by atoms with van der Waals surface area (Å²) in [6.07, 6.45) is -0.172. The Kier molecular flexibility index (Phi) is 7.96. The third kappa shape index (κ3) is 6.50. The molecule has 1 unspecified atom stereocenters. The summed E-state index contributed by atoms with van der Waals surface area (Å²) in [5.41, 5.74) is 2.42.